The minimum absolute atomic E-state index is 0.0138. The number of ether oxygens (including phenoxy) is 2. The van der Waals surface area contributed by atoms with Crippen LogP contribution in [0.4, 0.5) is 14.4 Å². The van der Waals surface area contributed by atoms with Gasteiger partial charge in [0.25, 0.3) is 0 Å². The van der Waals surface area contributed by atoms with Gasteiger partial charge in [-0.15, -0.1) is 0 Å². The Hall–Kier alpha value is -3.55. The van der Waals surface area contributed by atoms with E-state index in [9.17, 15) is 19.5 Å². The molecule has 8 heteroatoms. The number of hydrogen-bond donors (Lipinski definition) is 1. The van der Waals surface area contributed by atoms with Gasteiger partial charge in [0.15, 0.2) is 0 Å². The summed E-state index contributed by atoms with van der Waals surface area (Å²) in [5, 5.41) is 9.45. The highest BCUT2D eigenvalue weighted by Crippen LogP contribution is 2.44. The Kier molecular flexibility index (Phi) is 6.25. The first-order valence-corrected chi connectivity index (χ1v) is 11.4. The lowest BCUT2D eigenvalue weighted by Gasteiger charge is -2.29. The highest BCUT2D eigenvalue weighted by molar-refractivity contribution is 5.89. The summed E-state index contributed by atoms with van der Waals surface area (Å²) in [7, 11) is 0. The Morgan fingerprint density at radius 2 is 1.56 bits per heavy atom. The molecule has 0 radical (unpaired) electrons. The van der Waals surface area contributed by atoms with Crippen molar-refractivity contribution >= 4 is 18.3 Å². The number of benzene rings is 2. The van der Waals surface area contributed by atoms with Crippen molar-refractivity contribution in [3.8, 4) is 11.1 Å². The maximum Gasteiger partial charge on any atom is 0.420 e. The molecular weight excluding hydrogens is 436 g/mol. The average molecular weight is 467 g/mol. The van der Waals surface area contributed by atoms with Crippen LogP contribution < -0.4 is 0 Å². The number of fused-ring (bicyclic) bond motifs is 3. The van der Waals surface area contributed by atoms with E-state index in [1.54, 1.807) is 27.7 Å². The molecule has 0 saturated carbocycles. The van der Waals surface area contributed by atoms with Gasteiger partial charge in [-0.3, -0.25) is 0 Å². The molecule has 0 aromatic heterocycles. The zero-order chi connectivity index (χ0) is 24.6. The SMILES string of the molecule is C[C@@H]1C[C@@H](N(C(=O)OCC2c3ccccc3-c3ccccc32)C(=O)OC(C)(C)C)CN1C(=O)O. The minimum atomic E-state index is -1.09. The first-order chi connectivity index (χ1) is 16.1. The molecule has 4 rings (SSSR count). The fraction of sp³-hybridized carbons (Fsp3) is 0.423. The molecule has 1 heterocycles. The second-order valence-corrected chi connectivity index (χ2v) is 9.83. The molecule has 34 heavy (non-hydrogen) atoms. The van der Waals surface area contributed by atoms with Crippen LogP contribution in [0, 0.1) is 0 Å². The topological polar surface area (TPSA) is 96.4 Å². The van der Waals surface area contributed by atoms with Gasteiger partial charge in [-0.2, -0.15) is 0 Å². The van der Waals surface area contributed by atoms with E-state index in [4.69, 9.17) is 9.47 Å². The Morgan fingerprint density at radius 3 is 2.06 bits per heavy atom. The standard InChI is InChI=1S/C26H30N2O6/c1-16-13-17(14-27(16)23(29)30)28(25(32)34-26(2,3)4)24(31)33-15-22-20-11-7-5-9-18(20)19-10-6-8-12-21(19)22/h5-12,16-17,22H,13-15H2,1-4H3,(H,29,30)/t16-,17-/m1/s1. The van der Waals surface area contributed by atoms with Crippen molar-refractivity contribution in [2.45, 2.75) is 57.7 Å². The van der Waals surface area contributed by atoms with Crippen LogP contribution in [-0.4, -0.2) is 64.0 Å². The van der Waals surface area contributed by atoms with E-state index in [1.165, 1.54) is 4.90 Å². The molecule has 1 aliphatic heterocycles. The number of carbonyl (C=O) groups excluding carboxylic acids is 2. The number of carbonyl (C=O) groups is 3. The number of amides is 3. The number of nitrogens with zero attached hydrogens (tertiary/aromatic N) is 2. The van der Waals surface area contributed by atoms with Crippen molar-refractivity contribution in [1.82, 2.24) is 9.80 Å². The van der Waals surface area contributed by atoms with Crippen LogP contribution in [0.15, 0.2) is 48.5 Å². The molecular formula is C26H30N2O6. The van der Waals surface area contributed by atoms with Crippen LogP contribution in [0.2, 0.25) is 0 Å². The number of carboxylic acid groups (broad SMARTS) is 1. The summed E-state index contributed by atoms with van der Waals surface area (Å²) in [6.07, 6.45) is -2.45. The van der Waals surface area contributed by atoms with Gasteiger partial charge < -0.3 is 19.5 Å². The summed E-state index contributed by atoms with van der Waals surface area (Å²) in [4.78, 5) is 40.0. The summed E-state index contributed by atoms with van der Waals surface area (Å²) in [5.74, 6) is -0.158. The second-order valence-electron chi connectivity index (χ2n) is 9.83. The Balaban J connectivity index is 1.56. The summed E-state index contributed by atoms with van der Waals surface area (Å²) < 4.78 is 11.2. The highest BCUT2D eigenvalue weighted by atomic mass is 16.6. The first kappa shape index (κ1) is 23.6. The summed E-state index contributed by atoms with van der Waals surface area (Å²) in [5.41, 5.74) is 3.50. The molecule has 3 amide bonds. The van der Waals surface area contributed by atoms with Crippen LogP contribution in [-0.2, 0) is 9.47 Å². The van der Waals surface area contributed by atoms with Crippen molar-refractivity contribution in [3.63, 3.8) is 0 Å². The molecule has 0 bridgehead atoms. The van der Waals surface area contributed by atoms with Crippen LogP contribution in [0.3, 0.4) is 0 Å². The lowest BCUT2D eigenvalue weighted by atomic mass is 9.98. The molecule has 0 unspecified atom stereocenters. The third-order valence-electron chi connectivity index (χ3n) is 6.29. The smallest absolute Gasteiger partial charge is 0.420 e. The molecule has 2 aromatic rings. The fourth-order valence-corrected chi connectivity index (χ4v) is 4.80. The fourth-order valence-electron chi connectivity index (χ4n) is 4.80. The first-order valence-electron chi connectivity index (χ1n) is 11.4. The summed E-state index contributed by atoms with van der Waals surface area (Å²) in [6, 6.07) is 15.0. The minimum Gasteiger partial charge on any atom is -0.465 e. The van der Waals surface area contributed by atoms with Gasteiger partial charge in [0.1, 0.15) is 12.2 Å². The van der Waals surface area contributed by atoms with E-state index in [2.05, 4.69) is 0 Å². The third-order valence-corrected chi connectivity index (χ3v) is 6.29. The van der Waals surface area contributed by atoms with Crippen LogP contribution in [0.5, 0.6) is 0 Å². The molecule has 1 fully saturated rings. The van der Waals surface area contributed by atoms with Gasteiger partial charge in [-0.05, 0) is 56.4 Å². The van der Waals surface area contributed by atoms with Crippen LogP contribution in [0.25, 0.3) is 11.1 Å². The van der Waals surface area contributed by atoms with Crippen molar-refractivity contribution in [2.75, 3.05) is 13.2 Å². The Morgan fingerprint density at radius 1 is 1.00 bits per heavy atom. The zero-order valence-corrected chi connectivity index (χ0v) is 19.9. The maximum atomic E-state index is 13.3. The second kappa shape index (κ2) is 9.00. The van der Waals surface area contributed by atoms with Gasteiger partial charge in [-0.1, -0.05) is 48.5 Å². The van der Waals surface area contributed by atoms with Gasteiger partial charge >= 0.3 is 18.3 Å². The van der Waals surface area contributed by atoms with E-state index in [-0.39, 0.29) is 25.1 Å². The largest absolute Gasteiger partial charge is 0.465 e. The Bertz CT molecular complexity index is 1060. The van der Waals surface area contributed by atoms with E-state index in [1.807, 2.05) is 48.5 Å². The predicted molar refractivity (Wildman–Crippen MR) is 126 cm³/mol. The van der Waals surface area contributed by atoms with Crippen molar-refractivity contribution < 1.29 is 29.0 Å². The third kappa shape index (κ3) is 4.58. The van der Waals surface area contributed by atoms with Gasteiger partial charge in [0.05, 0.1) is 6.04 Å². The van der Waals surface area contributed by atoms with Gasteiger partial charge in [0, 0.05) is 18.5 Å². The summed E-state index contributed by atoms with van der Waals surface area (Å²) >= 11 is 0. The zero-order valence-electron chi connectivity index (χ0n) is 19.9. The molecule has 2 aliphatic rings. The van der Waals surface area contributed by atoms with E-state index in [0.717, 1.165) is 27.2 Å². The van der Waals surface area contributed by atoms with E-state index >= 15 is 0 Å². The maximum absolute atomic E-state index is 13.3. The number of likely N-dealkylation sites (tertiary alicyclic amines) is 1. The number of rotatable bonds is 3. The normalized spacial score (nSPS) is 19.4. The predicted octanol–water partition coefficient (Wildman–Crippen LogP) is 5.31. The molecule has 1 N–H and O–H groups in total. The highest BCUT2D eigenvalue weighted by Gasteiger charge is 2.43. The van der Waals surface area contributed by atoms with E-state index in [0.29, 0.717) is 6.42 Å². The molecule has 1 aliphatic carbocycles. The Labute approximate surface area is 199 Å². The molecule has 1 saturated heterocycles. The van der Waals surface area contributed by atoms with Crippen molar-refractivity contribution in [2.24, 2.45) is 0 Å². The van der Waals surface area contributed by atoms with Gasteiger partial charge in [0.2, 0.25) is 0 Å². The molecule has 180 valence electrons. The lowest BCUT2D eigenvalue weighted by Crippen LogP contribution is -2.48. The van der Waals surface area contributed by atoms with Crippen molar-refractivity contribution in [1.29, 1.82) is 0 Å². The van der Waals surface area contributed by atoms with Gasteiger partial charge in [-0.25, -0.2) is 19.3 Å². The van der Waals surface area contributed by atoms with Crippen LogP contribution in [0.1, 0.15) is 51.2 Å². The molecule has 2 aromatic carbocycles. The lowest BCUT2D eigenvalue weighted by molar-refractivity contribution is 0.0136. The van der Waals surface area contributed by atoms with E-state index < -0.39 is 29.9 Å². The monoisotopic (exact) mass is 466 g/mol. The van der Waals surface area contributed by atoms with Crippen molar-refractivity contribution in [3.05, 3.63) is 59.7 Å². The number of hydrogen-bond acceptors (Lipinski definition) is 5. The summed E-state index contributed by atoms with van der Waals surface area (Å²) in [6.45, 7) is 6.95. The molecule has 0 spiro atoms. The quantitative estimate of drug-likeness (QED) is 0.658. The number of imide groups is 1. The average Bonchev–Trinajstić information content (AvgIpc) is 3.29. The van der Waals surface area contributed by atoms with Crippen LogP contribution >= 0.6 is 0 Å². The molecule has 8 nitrogen and oxygen atoms in total. The molecule has 2 atom stereocenters.